The molecule has 1 aliphatic rings. The van der Waals surface area contributed by atoms with Crippen LogP contribution in [-0.4, -0.2) is 54.7 Å². The van der Waals surface area contributed by atoms with Crippen LogP contribution in [-0.2, 0) is 20.8 Å². The van der Waals surface area contributed by atoms with E-state index in [1.807, 2.05) is 24.3 Å². The lowest BCUT2D eigenvalue weighted by molar-refractivity contribution is -0.119. The van der Waals surface area contributed by atoms with Gasteiger partial charge in [-0.25, -0.2) is 4.79 Å². The van der Waals surface area contributed by atoms with Gasteiger partial charge in [0.05, 0.1) is 18.2 Å². The number of halogens is 1. The molecule has 1 amide bonds. The Hall–Kier alpha value is -2.35. The van der Waals surface area contributed by atoms with Crippen LogP contribution in [0.1, 0.15) is 16.1 Å². The summed E-state index contributed by atoms with van der Waals surface area (Å²) >= 11 is 5.72. The molecule has 2 N–H and O–H groups in total. The highest BCUT2D eigenvalue weighted by Crippen LogP contribution is 2.13. The Kier molecular flexibility index (Phi) is 6.27. The number of nitrogens with zero attached hydrogens (tertiary/aromatic N) is 1. The van der Waals surface area contributed by atoms with Crippen LogP contribution in [0, 0.1) is 0 Å². The Morgan fingerprint density at radius 1 is 1.23 bits per heavy atom. The third-order valence-corrected chi connectivity index (χ3v) is 4.17. The van der Waals surface area contributed by atoms with E-state index in [2.05, 4.69) is 15.2 Å². The summed E-state index contributed by atoms with van der Waals surface area (Å²) in [5.74, 6) is -1.04. The number of aromatic nitrogens is 1. The van der Waals surface area contributed by atoms with Crippen LogP contribution in [0.5, 0.6) is 0 Å². The molecular weight excluding hydrogens is 358 g/mol. The Balaban J connectivity index is 1.44. The normalized spacial score (nSPS) is 14.8. The standard InChI is InChI=1S/C18H20ClN3O4/c19-14-9-16(20-10-14)18(24)26-12-17(23)21-15-3-1-13(2-4-15)11-22-5-7-25-8-6-22/h1-4,9-10,20H,5-8,11-12H2,(H,21,23). The number of nitrogens with one attached hydrogen (secondary N) is 2. The van der Waals surface area contributed by atoms with Crippen molar-refractivity contribution in [2.45, 2.75) is 6.54 Å². The van der Waals surface area contributed by atoms with Gasteiger partial charge in [-0.3, -0.25) is 9.69 Å². The van der Waals surface area contributed by atoms with Gasteiger partial charge in [-0.2, -0.15) is 0 Å². The molecule has 2 heterocycles. The minimum Gasteiger partial charge on any atom is -0.451 e. The quantitative estimate of drug-likeness (QED) is 0.755. The minimum absolute atomic E-state index is 0.204. The molecule has 0 aliphatic carbocycles. The second-order valence-corrected chi connectivity index (χ2v) is 6.38. The van der Waals surface area contributed by atoms with Gasteiger partial charge >= 0.3 is 5.97 Å². The molecule has 1 saturated heterocycles. The number of hydrogen-bond acceptors (Lipinski definition) is 5. The van der Waals surface area contributed by atoms with Crippen molar-refractivity contribution >= 4 is 29.2 Å². The van der Waals surface area contributed by atoms with Crippen molar-refractivity contribution < 1.29 is 19.1 Å². The number of H-pyrrole nitrogens is 1. The van der Waals surface area contributed by atoms with E-state index < -0.39 is 11.9 Å². The average Bonchev–Trinajstić information content (AvgIpc) is 3.09. The zero-order chi connectivity index (χ0) is 18.4. The third-order valence-electron chi connectivity index (χ3n) is 3.95. The minimum atomic E-state index is -0.632. The number of hydrogen-bond donors (Lipinski definition) is 2. The molecule has 138 valence electrons. The molecule has 7 nitrogen and oxygen atoms in total. The van der Waals surface area contributed by atoms with Crippen LogP contribution >= 0.6 is 11.6 Å². The summed E-state index contributed by atoms with van der Waals surface area (Å²) in [5, 5.41) is 3.10. The number of amides is 1. The SMILES string of the molecule is O=C(COC(=O)c1cc(Cl)c[nH]1)Nc1ccc(CN2CCOCC2)cc1. The zero-order valence-electron chi connectivity index (χ0n) is 14.2. The number of carbonyl (C=O) groups excluding carboxylic acids is 2. The van der Waals surface area contributed by atoms with E-state index in [4.69, 9.17) is 21.1 Å². The van der Waals surface area contributed by atoms with Gasteiger partial charge in [0.1, 0.15) is 5.69 Å². The predicted molar refractivity (Wildman–Crippen MR) is 97.3 cm³/mol. The maximum atomic E-state index is 11.9. The highest BCUT2D eigenvalue weighted by molar-refractivity contribution is 6.30. The molecule has 1 aromatic carbocycles. The molecule has 3 rings (SSSR count). The van der Waals surface area contributed by atoms with Crippen LogP contribution in [0.3, 0.4) is 0 Å². The van der Waals surface area contributed by atoms with Gasteiger partial charge in [0.15, 0.2) is 6.61 Å². The summed E-state index contributed by atoms with van der Waals surface area (Å²) in [4.78, 5) is 28.6. The molecule has 0 unspecified atom stereocenters. The first-order valence-corrected chi connectivity index (χ1v) is 8.68. The fourth-order valence-electron chi connectivity index (χ4n) is 2.60. The summed E-state index contributed by atoms with van der Waals surface area (Å²) in [6.45, 7) is 3.87. The molecule has 2 aromatic rings. The highest BCUT2D eigenvalue weighted by Gasteiger charge is 2.13. The van der Waals surface area contributed by atoms with Crippen molar-refractivity contribution in [2.24, 2.45) is 0 Å². The van der Waals surface area contributed by atoms with Gasteiger partial charge < -0.3 is 19.8 Å². The Morgan fingerprint density at radius 3 is 2.62 bits per heavy atom. The summed E-state index contributed by atoms with van der Waals surface area (Å²) in [6, 6.07) is 9.05. The van der Waals surface area contributed by atoms with E-state index in [1.165, 1.54) is 17.8 Å². The summed E-state index contributed by atoms with van der Waals surface area (Å²) < 4.78 is 10.3. The monoisotopic (exact) mass is 377 g/mol. The summed E-state index contributed by atoms with van der Waals surface area (Å²) in [5.41, 5.74) is 2.02. The Bertz CT molecular complexity index is 754. The van der Waals surface area contributed by atoms with Crippen molar-refractivity contribution in [2.75, 3.05) is 38.2 Å². The molecule has 1 aromatic heterocycles. The highest BCUT2D eigenvalue weighted by atomic mass is 35.5. The average molecular weight is 378 g/mol. The molecule has 1 fully saturated rings. The number of aromatic amines is 1. The number of esters is 1. The third kappa shape index (κ3) is 5.32. The second-order valence-electron chi connectivity index (χ2n) is 5.94. The molecule has 0 saturated carbocycles. The molecule has 26 heavy (non-hydrogen) atoms. The smallest absolute Gasteiger partial charge is 0.355 e. The van der Waals surface area contributed by atoms with Crippen LogP contribution in [0.2, 0.25) is 5.02 Å². The first-order valence-electron chi connectivity index (χ1n) is 8.30. The molecule has 0 radical (unpaired) electrons. The molecule has 0 bridgehead atoms. The van der Waals surface area contributed by atoms with Crippen molar-refractivity contribution in [1.29, 1.82) is 0 Å². The molecule has 0 spiro atoms. The molecule has 1 aliphatic heterocycles. The lowest BCUT2D eigenvalue weighted by atomic mass is 10.2. The maximum Gasteiger partial charge on any atom is 0.355 e. The largest absolute Gasteiger partial charge is 0.451 e. The van der Waals surface area contributed by atoms with Crippen LogP contribution < -0.4 is 5.32 Å². The van der Waals surface area contributed by atoms with E-state index in [1.54, 1.807) is 0 Å². The van der Waals surface area contributed by atoms with Gasteiger partial charge in [0.25, 0.3) is 5.91 Å². The van der Waals surface area contributed by atoms with Crippen LogP contribution in [0.15, 0.2) is 36.5 Å². The lowest BCUT2D eigenvalue weighted by Crippen LogP contribution is -2.35. The fraction of sp³-hybridized carbons (Fsp3) is 0.333. The van der Waals surface area contributed by atoms with Crippen LogP contribution in [0.4, 0.5) is 5.69 Å². The van der Waals surface area contributed by atoms with E-state index in [0.29, 0.717) is 10.7 Å². The van der Waals surface area contributed by atoms with Crippen molar-refractivity contribution in [3.8, 4) is 0 Å². The van der Waals surface area contributed by atoms with E-state index >= 15 is 0 Å². The van der Waals surface area contributed by atoms with Crippen LogP contribution in [0.25, 0.3) is 0 Å². The number of benzene rings is 1. The van der Waals surface area contributed by atoms with Gasteiger partial charge in [-0.05, 0) is 23.8 Å². The van der Waals surface area contributed by atoms with Gasteiger partial charge in [0.2, 0.25) is 0 Å². The van der Waals surface area contributed by atoms with E-state index in [0.717, 1.165) is 32.8 Å². The second kappa shape index (κ2) is 8.84. The molecule has 8 heteroatoms. The molecule has 0 atom stereocenters. The first-order chi connectivity index (χ1) is 12.6. The Labute approximate surface area is 156 Å². The maximum absolute atomic E-state index is 11.9. The van der Waals surface area contributed by atoms with Crippen molar-refractivity contribution in [3.05, 3.63) is 52.8 Å². The van der Waals surface area contributed by atoms with Crippen molar-refractivity contribution in [1.82, 2.24) is 9.88 Å². The van der Waals surface area contributed by atoms with E-state index in [-0.39, 0.29) is 12.3 Å². The number of morpholine rings is 1. The number of carbonyl (C=O) groups is 2. The van der Waals surface area contributed by atoms with Crippen molar-refractivity contribution in [3.63, 3.8) is 0 Å². The summed E-state index contributed by atoms with van der Waals surface area (Å²) in [6.07, 6.45) is 1.47. The lowest BCUT2D eigenvalue weighted by Gasteiger charge is -2.26. The number of anilines is 1. The van der Waals surface area contributed by atoms with Gasteiger partial charge in [-0.1, -0.05) is 23.7 Å². The number of ether oxygens (including phenoxy) is 2. The van der Waals surface area contributed by atoms with Gasteiger partial charge in [-0.15, -0.1) is 0 Å². The van der Waals surface area contributed by atoms with E-state index in [9.17, 15) is 9.59 Å². The first kappa shape index (κ1) is 18.4. The fourth-order valence-corrected chi connectivity index (χ4v) is 2.77. The van der Waals surface area contributed by atoms with Gasteiger partial charge in [0, 0.05) is 31.5 Å². The molecular formula is C18H20ClN3O4. The number of rotatable bonds is 6. The Morgan fingerprint density at radius 2 is 1.96 bits per heavy atom. The predicted octanol–water partition coefficient (Wildman–Crippen LogP) is 2.30. The topological polar surface area (TPSA) is 83.7 Å². The zero-order valence-corrected chi connectivity index (χ0v) is 14.9. The summed E-state index contributed by atoms with van der Waals surface area (Å²) in [7, 11) is 0.